The van der Waals surface area contributed by atoms with Gasteiger partial charge in [-0.1, -0.05) is 0 Å². The van der Waals surface area contributed by atoms with Crippen LogP contribution in [0.1, 0.15) is 53.9 Å². The molecule has 0 aliphatic heterocycles. The summed E-state index contributed by atoms with van der Waals surface area (Å²) in [6, 6.07) is 0. The molecular formula is C22H36O10Zr. The quantitative estimate of drug-likeness (QED) is 0.142. The van der Waals surface area contributed by atoms with Gasteiger partial charge in [0.25, 0.3) is 0 Å². The van der Waals surface area contributed by atoms with E-state index in [0.29, 0.717) is 0 Å². The van der Waals surface area contributed by atoms with E-state index in [0.717, 1.165) is 0 Å². The van der Waals surface area contributed by atoms with Crippen LogP contribution in [0.25, 0.3) is 0 Å². The topological polar surface area (TPSA) is 139 Å². The van der Waals surface area contributed by atoms with Crippen molar-refractivity contribution in [3.63, 3.8) is 0 Å². The number of ether oxygens (including phenoxy) is 3. The van der Waals surface area contributed by atoms with Gasteiger partial charge in [0.15, 0.2) is 0 Å². The molecule has 0 saturated carbocycles. The molecule has 33 heavy (non-hydrogen) atoms. The SMILES string of the molecule is CCOC(=O)CC(=O)[CH2][Zr]([CH2]C(=O)CC(=O)OCC)([CH2]C(=O)CC(=O)OCC)[O]CC(C)C. The fourth-order valence-corrected chi connectivity index (χ4v) is 12.7. The van der Waals surface area contributed by atoms with Crippen molar-refractivity contribution in [1.82, 2.24) is 0 Å². The number of esters is 3. The Balaban J connectivity index is 5.80. The van der Waals surface area contributed by atoms with E-state index >= 15 is 0 Å². The van der Waals surface area contributed by atoms with Crippen molar-refractivity contribution >= 4 is 35.3 Å². The summed E-state index contributed by atoms with van der Waals surface area (Å²) in [5.74, 6) is -3.57. The molecule has 0 spiro atoms. The normalized spacial score (nSPS) is 11.1. The van der Waals surface area contributed by atoms with E-state index in [-0.39, 0.29) is 44.7 Å². The molecular weight excluding hydrogens is 515 g/mol. The first-order chi connectivity index (χ1) is 15.5. The first-order valence-electron chi connectivity index (χ1n) is 11.1. The Labute approximate surface area is 200 Å². The zero-order valence-electron chi connectivity index (χ0n) is 20.2. The van der Waals surface area contributed by atoms with E-state index in [2.05, 4.69) is 0 Å². The first-order valence-corrected chi connectivity index (χ1v) is 17.3. The molecule has 0 fully saturated rings. The van der Waals surface area contributed by atoms with Gasteiger partial charge >= 0.3 is 200 Å². The van der Waals surface area contributed by atoms with Crippen molar-refractivity contribution in [2.75, 3.05) is 26.4 Å². The molecule has 0 unspecified atom stereocenters. The van der Waals surface area contributed by atoms with Crippen molar-refractivity contribution in [1.29, 1.82) is 0 Å². The zero-order chi connectivity index (χ0) is 25.4. The summed E-state index contributed by atoms with van der Waals surface area (Å²) in [4.78, 5) is 73.3. The molecule has 0 saturated heterocycles. The van der Waals surface area contributed by atoms with Crippen molar-refractivity contribution < 1.29 is 66.5 Å². The van der Waals surface area contributed by atoms with Gasteiger partial charge in [-0.05, 0) is 0 Å². The number of carbonyl (C=O) groups excluding carboxylic acids is 6. The Morgan fingerprint density at radius 1 is 0.606 bits per heavy atom. The van der Waals surface area contributed by atoms with E-state index in [1.54, 1.807) is 20.8 Å². The van der Waals surface area contributed by atoms with Gasteiger partial charge in [-0.3, -0.25) is 0 Å². The Bertz CT molecular complexity index is 618. The minimum atomic E-state index is -4.44. The average Bonchev–Trinajstić information content (AvgIpc) is 2.66. The van der Waals surface area contributed by atoms with Gasteiger partial charge in [0.1, 0.15) is 0 Å². The Kier molecular flexibility index (Phi) is 15.9. The molecule has 0 bridgehead atoms. The summed E-state index contributed by atoms with van der Waals surface area (Å²) >= 11 is -4.44. The van der Waals surface area contributed by atoms with Crippen molar-refractivity contribution in [2.45, 2.75) is 66.3 Å². The minimum absolute atomic E-state index is 0.0431. The van der Waals surface area contributed by atoms with E-state index < -0.39 is 75.2 Å². The molecule has 0 heterocycles. The molecule has 0 N–H and O–H groups in total. The number of rotatable bonds is 18. The average molecular weight is 552 g/mol. The second-order valence-corrected chi connectivity index (χ2v) is 17.1. The number of hydrogen-bond donors (Lipinski definition) is 0. The van der Waals surface area contributed by atoms with Crippen LogP contribution >= 0.6 is 0 Å². The summed E-state index contributed by atoms with van der Waals surface area (Å²) in [7, 11) is 0. The van der Waals surface area contributed by atoms with Crippen LogP contribution in [-0.2, 0) is 66.5 Å². The van der Waals surface area contributed by atoms with Crippen molar-refractivity contribution in [3.8, 4) is 0 Å². The second kappa shape index (κ2) is 16.8. The van der Waals surface area contributed by atoms with Crippen LogP contribution in [0.4, 0.5) is 0 Å². The van der Waals surface area contributed by atoms with Crippen LogP contribution in [0, 0.1) is 5.92 Å². The zero-order valence-corrected chi connectivity index (χ0v) is 22.7. The van der Waals surface area contributed by atoms with Crippen LogP contribution in [0.5, 0.6) is 0 Å². The second-order valence-electron chi connectivity index (χ2n) is 7.98. The van der Waals surface area contributed by atoms with E-state index in [4.69, 9.17) is 17.0 Å². The number of carbonyl (C=O) groups is 6. The molecule has 0 aliphatic carbocycles. The van der Waals surface area contributed by atoms with Crippen LogP contribution < -0.4 is 0 Å². The monoisotopic (exact) mass is 550 g/mol. The molecule has 0 aromatic heterocycles. The Morgan fingerprint density at radius 2 is 0.909 bits per heavy atom. The predicted molar refractivity (Wildman–Crippen MR) is 114 cm³/mol. The predicted octanol–water partition coefficient (Wildman–Crippen LogP) is 2.55. The van der Waals surface area contributed by atoms with Gasteiger partial charge in [-0.2, -0.15) is 0 Å². The maximum atomic E-state index is 12.7. The molecule has 0 atom stereocenters. The molecule has 0 aromatic rings. The van der Waals surface area contributed by atoms with Gasteiger partial charge in [0.2, 0.25) is 0 Å². The fraction of sp³-hybridized carbons (Fsp3) is 0.727. The number of hydrogen-bond acceptors (Lipinski definition) is 10. The third kappa shape index (κ3) is 14.9. The van der Waals surface area contributed by atoms with Crippen LogP contribution in [0.15, 0.2) is 0 Å². The maximum absolute atomic E-state index is 12.7. The van der Waals surface area contributed by atoms with Crippen LogP contribution in [-0.4, -0.2) is 61.7 Å². The van der Waals surface area contributed by atoms with Gasteiger partial charge in [-0.15, -0.1) is 0 Å². The molecule has 0 aliphatic rings. The first kappa shape index (κ1) is 31.3. The molecule has 0 radical (unpaired) electrons. The number of Topliss-reactive ketones (excluding diaryl/α,β-unsaturated/α-hetero) is 3. The Hall–Kier alpha value is -1.74. The van der Waals surface area contributed by atoms with E-state index in [9.17, 15) is 28.8 Å². The summed E-state index contributed by atoms with van der Waals surface area (Å²) < 4.78 is 19.9. The molecule has 0 aromatic carbocycles. The van der Waals surface area contributed by atoms with Crippen LogP contribution in [0.3, 0.4) is 0 Å². The third-order valence-electron chi connectivity index (χ3n) is 4.22. The van der Waals surface area contributed by atoms with Gasteiger partial charge in [0.05, 0.1) is 0 Å². The summed E-state index contributed by atoms with van der Waals surface area (Å²) in [6.07, 6.45) is -1.51. The standard InChI is InChI=1S/3C6H9O3.C4H9O.Zr/c3*1-3-9-6(8)4-5(2)7;1-4(2)3-5;/h3*2-4H2,1H3;4H,3H2,1-2H3;/q;;;-1;+1. The van der Waals surface area contributed by atoms with E-state index in [1.165, 1.54) is 0 Å². The van der Waals surface area contributed by atoms with Gasteiger partial charge in [-0.25, -0.2) is 0 Å². The molecule has 0 rings (SSSR count). The van der Waals surface area contributed by atoms with Gasteiger partial charge < -0.3 is 0 Å². The fourth-order valence-electron chi connectivity index (χ4n) is 3.07. The molecule has 188 valence electrons. The summed E-state index contributed by atoms with van der Waals surface area (Å²) in [5, 5.41) is 0. The summed E-state index contributed by atoms with van der Waals surface area (Å²) in [5.41, 5.74) is 0. The van der Waals surface area contributed by atoms with Crippen molar-refractivity contribution in [3.05, 3.63) is 0 Å². The molecule has 11 heteroatoms. The Morgan fingerprint density at radius 3 is 1.15 bits per heavy atom. The van der Waals surface area contributed by atoms with E-state index in [1.807, 2.05) is 13.8 Å². The molecule has 10 nitrogen and oxygen atoms in total. The van der Waals surface area contributed by atoms with Crippen LogP contribution in [0.2, 0.25) is 12.4 Å². The molecule has 0 amide bonds. The number of ketones is 3. The summed E-state index contributed by atoms with van der Waals surface area (Å²) in [6.45, 7) is 9.11. The third-order valence-corrected chi connectivity index (χ3v) is 13.8. The van der Waals surface area contributed by atoms with Gasteiger partial charge in [0, 0.05) is 0 Å². The van der Waals surface area contributed by atoms with Crippen molar-refractivity contribution in [2.24, 2.45) is 5.92 Å².